The van der Waals surface area contributed by atoms with Gasteiger partial charge in [-0.1, -0.05) is 0 Å². The molecule has 2 aliphatic rings. The highest BCUT2D eigenvalue weighted by Crippen LogP contribution is 2.42. The third-order valence-corrected chi connectivity index (χ3v) is 6.07. The second-order valence-electron chi connectivity index (χ2n) is 5.45. The molecule has 24 heavy (non-hydrogen) atoms. The highest BCUT2D eigenvalue weighted by atomic mass is 32.2. The van der Waals surface area contributed by atoms with Crippen LogP contribution < -0.4 is 0 Å². The van der Waals surface area contributed by atoms with E-state index in [4.69, 9.17) is 0 Å². The average molecular weight is 364 g/mol. The fourth-order valence-electron chi connectivity index (χ4n) is 2.38. The van der Waals surface area contributed by atoms with Gasteiger partial charge in [0, 0.05) is 23.9 Å². The fourth-order valence-corrected chi connectivity index (χ4v) is 4.92. The molecule has 2 fully saturated rings. The number of aromatic nitrogens is 1. The predicted molar refractivity (Wildman–Crippen MR) is 93.1 cm³/mol. The van der Waals surface area contributed by atoms with E-state index < -0.39 is 17.8 Å². The molecule has 0 aliphatic carbocycles. The molecular formula is C15H16N4O3S2. The van der Waals surface area contributed by atoms with Crippen LogP contribution in [0, 0.1) is 0 Å². The summed E-state index contributed by atoms with van der Waals surface area (Å²) in [7, 11) is 3.61. The first-order valence-corrected chi connectivity index (χ1v) is 9.22. The van der Waals surface area contributed by atoms with Crippen molar-refractivity contribution in [1.82, 2.24) is 19.7 Å². The van der Waals surface area contributed by atoms with Crippen molar-refractivity contribution >= 4 is 41.4 Å². The minimum atomic E-state index is -0.648. The van der Waals surface area contributed by atoms with Crippen LogP contribution in [0.4, 0.5) is 4.79 Å². The summed E-state index contributed by atoms with van der Waals surface area (Å²) in [5.41, 5.74) is 0.514. The Labute approximate surface area is 148 Å². The summed E-state index contributed by atoms with van der Waals surface area (Å²) in [6.45, 7) is 0.237. The van der Waals surface area contributed by atoms with Crippen molar-refractivity contribution in [3.05, 3.63) is 40.0 Å². The van der Waals surface area contributed by atoms with E-state index in [2.05, 4.69) is 4.98 Å². The first kappa shape index (κ1) is 17.0. The third-order valence-electron chi connectivity index (χ3n) is 3.38. The zero-order valence-electron chi connectivity index (χ0n) is 13.3. The normalized spacial score (nSPS) is 18.3. The maximum Gasteiger partial charge on any atom is 0.340 e. The number of carbonyl (C=O) groups excluding carboxylic acids is 3. The smallest absolute Gasteiger partial charge is 0.292 e. The average Bonchev–Trinajstić information content (AvgIpc) is 3.15. The number of nitrogens with zero attached hydrogens (tertiary/aromatic N) is 4. The summed E-state index contributed by atoms with van der Waals surface area (Å²) in [5, 5.41) is 0. The highest BCUT2D eigenvalue weighted by Gasteiger charge is 2.47. The number of rotatable bonds is 3. The van der Waals surface area contributed by atoms with Crippen molar-refractivity contribution in [2.45, 2.75) is 0 Å². The van der Waals surface area contributed by atoms with E-state index in [9.17, 15) is 14.4 Å². The number of carbonyl (C=O) groups is 3. The Morgan fingerprint density at radius 3 is 2.58 bits per heavy atom. The maximum absolute atomic E-state index is 12.8. The van der Waals surface area contributed by atoms with Crippen LogP contribution in [-0.2, 0) is 4.79 Å². The molecule has 3 rings (SSSR count). The van der Waals surface area contributed by atoms with E-state index in [1.807, 2.05) is 0 Å². The first-order valence-electron chi connectivity index (χ1n) is 7.25. The van der Waals surface area contributed by atoms with Crippen LogP contribution in [0.5, 0.6) is 0 Å². The Bertz CT molecular complexity index is 713. The van der Waals surface area contributed by atoms with Crippen molar-refractivity contribution < 1.29 is 14.4 Å². The second-order valence-corrected chi connectivity index (χ2v) is 7.92. The van der Waals surface area contributed by atoms with Crippen LogP contribution in [-0.4, -0.2) is 69.8 Å². The van der Waals surface area contributed by atoms with Crippen molar-refractivity contribution in [3.63, 3.8) is 0 Å². The van der Waals surface area contributed by atoms with E-state index in [0.717, 1.165) is 15.7 Å². The Hall–Kier alpha value is -1.84. The molecule has 0 atom stereocenters. The van der Waals surface area contributed by atoms with Crippen molar-refractivity contribution in [3.8, 4) is 0 Å². The standard InChI is InChI=1S/C15H16N4O3S2/c1-17(2)9-18-11(14-23-6-7-24-14)13(21)19(15(18)22)12(20)10-4-3-5-16-8-10/h3-5,8H,6-7,9H2,1-2H3. The van der Waals surface area contributed by atoms with Gasteiger partial charge >= 0.3 is 6.03 Å². The largest absolute Gasteiger partial charge is 0.340 e. The molecule has 0 radical (unpaired) electrons. The number of thioether (sulfide) groups is 2. The molecule has 2 aliphatic heterocycles. The van der Waals surface area contributed by atoms with Gasteiger partial charge in [-0.2, -0.15) is 4.90 Å². The van der Waals surface area contributed by atoms with Gasteiger partial charge in [-0.3, -0.25) is 24.4 Å². The topological polar surface area (TPSA) is 73.8 Å². The lowest BCUT2D eigenvalue weighted by Gasteiger charge is -2.21. The Kier molecular flexibility index (Phi) is 4.93. The van der Waals surface area contributed by atoms with Gasteiger partial charge in [0.25, 0.3) is 11.8 Å². The summed E-state index contributed by atoms with van der Waals surface area (Å²) in [6, 6.07) is 2.52. The van der Waals surface area contributed by atoms with E-state index >= 15 is 0 Å². The van der Waals surface area contributed by atoms with Gasteiger partial charge in [0.05, 0.1) is 16.5 Å². The lowest BCUT2D eigenvalue weighted by atomic mass is 10.2. The van der Waals surface area contributed by atoms with Crippen LogP contribution in [0.2, 0.25) is 0 Å². The summed E-state index contributed by atoms with van der Waals surface area (Å²) in [5.74, 6) is 0.562. The molecule has 1 aromatic heterocycles. The van der Waals surface area contributed by atoms with Gasteiger partial charge in [0.15, 0.2) is 0 Å². The molecule has 0 aromatic carbocycles. The molecule has 0 saturated carbocycles. The van der Waals surface area contributed by atoms with Crippen LogP contribution >= 0.6 is 23.5 Å². The van der Waals surface area contributed by atoms with E-state index in [1.54, 1.807) is 48.6 Å². The highest BCUT2D eigenvalue weighted by molar-refractivity contribution is 8.25. The summed E-state index contributed by atoms with van der Waals surface area (Å²) < 4.78 is 0.802. The lowest BCUT2D eigenvalue weighted by molar-refractivity contribution is -0.121. The molecule has 4 amide bonds. The zero-order valence-corrected chi connectivity index (χ0v) is 14.9. The molecule has 2 saturated heterocycles. The van der Waals surface area contributed by atoms with Gasteiger partial charge in [-0.05, 0) is 26.2 Å². The number of urea groups is 1. The minimum Gasteiger partial charge on any atom is -0.292 e. The zero-order chi connectivity index (χ0) is 17.3. The maximum atomic E-state index is 12.8. The molecule has 1 aromatic rings. The van der Waals surface area contributed by atoms with Crippen molar-refractivity contribution in [2.75, 3.05) is 32.3 Å². The quantitative estimate of drug-likeness (QED) is 0.459. The van der Waals surface area contributed by atoms with E-state index in [1.165, 1.54) is 23.4 Å². The van der Waals surface area contributed by atoms with Crippen molar-refractivity contribution in [2.24, 2.45) is 0 Å². The molecule has 3 heterocycles. The molecule has 7 nitrogen and oxygen atoms in total. The SMILES string of the molecule is CN(C)CN1C(=O)N(C(=O)c2cccnc2)C(=O)C1=C1SCCS1. The van der Waals surface area contributed by atoms with E-state index in [0.29, 0.717) is 10.6 Å². The molecule has 0 unspecified atom stereocenters. The van der Waals surface area contributed by atoms with Gasteiger partial charge in [0.2, 0.25) is 0 Å². The van der Waals surface area contributed by atoms with Gasteiger partial charge in [-0.15, -0.1) is 23.5 Å². The Morgan fingerprint density at radius 1 is 1.29 bits per heavy atom. The number of pyridine rings is 1. The van der Waals surface area contributed by atoms with Crippen LogP contribution in [0.15, 0.2) is 34.5 Å². The summed E-state index contributed by atoms with van der Waals surface area (Å²) >= 11 is 3.09. The Balaban J connectivity index is 2.00. The van der Waals surface area contributed by atoms with Gasteiger partial charge in [-0.25, -0.2) is 4.79 Å². The molecular weight excluding hydrogens is 348 g/mol. The predicted octanol–water partition coefficient (Wildman–Crippen LogP) is 1.65. The van der Waals surface area contributed by atoms with Gasteiger partial charge < -0.3 is 0 Å². The second kappa shape index (κ2) is 6.96. The number of hydrogen-bond donors (Lipinski definition) is 0. The van der Waals surface area contributed by atoms with Crippen LogP contribution in [0.25, 0.3) is 0 Å². The molecule has 126 valence electrons. The number of imide groups is 3. The molecule has 9 heteroatoms. The fraction of sp³-hybridized carbons (Fsp3) is 0.333. The molecule has 0 N–H and O–H groups in total. The summed E-state index contributed by atoms with van der Waals surface area (Å²) in [6.07, 6.45) is 2.88. The molecule has 0 spiro atoms. The first-order chi connectivity index (χ1) is 11.5. The van der Waals surface area contributed by atoms with Crippen LogP contribution in [0.3, 0.4) is 0 Å². The lowest BCUT2D eigenvalue weighted by Crippen LogP contribution is -2.40. The third kappa shape index (κ3) is 3.06. The monoisotopic (exact) mass is 364 g/mol. The Morgan fingerprint density at radius 2 is 2.00 bits per heavy atom. The number of hydrogen-bond acceptors (Lipinski definition) is 7. The minimum absolute atomic E-state index is 0.210. The van der Waals surface area contributed by atoms with Gasteiger partial charge in [0.1, 0.15) is 5.70 Å². The van der Waals surface area contributed by atoms with Crippen LogP contribution in [0.1, 0.15) is 10.4 Å². The number of amides is 4. The molecule has 0 bridgehead atoms. The van der Waals surface area contributed by atoms with Crippen molar-refractivity contribution in [1.29, 1.82) is 0 Å². The summed E-state index contributed by atoms with van der Waals surface area (Å²) in [4.78, 5) is 45.9. The van der Waals surface area contributed by atoms with E-state index in [-0.39, 0.29) is 12.2 Å².